The van der Waals surface area contributed by atoms with Crippen LogP contribution in [0.3, 0.4) is 0 Å². The third kappa shape index (κ3) is 4.23. The van der Waals surface area contributed by atoms with Crippen molar-refractivity contribution in [3.8, 4) is 0 Å². The van der Waals surface area contributed by atoms with Gasteiger partial charge in [-0.15, -0.1) is 0 Å². The van der Waals surface area contributed by atoms with Gasteiger partial charge in [0.1, 0.15) is 6.04 Å². The Morgan fingerprint density at radius 1 is 1.22 bits per heavy atom. The van der Waals surface area contributed by atoms with Gasteiger partial charge in [0, 0.05) is 11.2 Å². The lowest BCUT2D eigenvalue weighted by Gasteiger charge is -2.33. The number of thioether (sulfide) groups is 1. The van der Waals surface area contributed by atoms with Gasteiger partial charge < -0.3 is 10.4 Å². The van der Waals surface area contributed by atoms with Gasteiger partial charge >= 0.3 is 5.97 Å². The van der Waals surface area contributed by atoms with Crippen LogP contribution in [0.4, 0.5) is 0 Å². The first-order chi connectivity index (χ1) is 10.6. The molecule has 23 heavy (non-hydrogen) atoms. The van der Waals surface area contributed by atoms with Crippen molar-refractivity contribution in [1.82, 2.24) is 5.32 Å². The molecule has 0 spiro atoms. The molecule has 0 aromatic heterocycles. The monoisotopic (exact) mass is 341 g/mol. The normalized spacial score (nSPS) is 31.1. The molecule has 0 aromatic rings. The molecule has 0 unspecified atom stereocenters. The number of fused-ring (bicyclic) bond motifs is 2. The summed E-state index contributed by atoms with van der Waals surface area (Å²) in [5.41, 5.74) is 0.264. The number of hydrogen-bond acceptors (Lipinski definition) is 3. The van der Waals surface area contributed by atoms with Gasteiger partial charge in [-0.2, -0.15) is 11.8 Å². The highest BCUT2D eigenvalue weighted by Gasteiger charge is 2.58. The number of rotatable bonds is 7. The molecule has 2 N–H and O–H groups in total. The van der Waals surface area contributed by atoms with E-state index in [-0.39, 0.29) is 16.7 Å². The highest BCUT2D eigenvalue weighted by Crippen LogP contribution is 2.64. The maximum absolute atomic E-state index is 12.8. The molecule has 2 bridgehead atoms. The Kier molecular flexibility index (Phi) is 5.39. The second kappa shape index (κ2) is 6.66. The van der Waals surface area contributed by atoms with Crippen LogP contribution >= 0.6 is 11.8 Å². The molecular weight excluding hydrogens is 310 g/mol. The number of carboxylic acids is 1. The summed E-state index contributed by atoms with van der Waals surface area (Å²) in [6.45, 7) is 8.80. The predicted octanol–water partition coefficient (Wildman–Crippen LogP) is 3.70. The molecule has 0 aromatic carbocycles. The number of carbonyl (C=O) groups excluding carboxylic acids is 1. The topological polar surface area (TPSA) is 66.4 Å². The maximum atomic E-state index is 12.8. The molecule has 0 heterocycles. The molecule has 2 aliphatic rings. The Bertz CT molecular complexity index is 461. The molecule has 0 radical (unpaired) electrons. The van der Waals surface area contributed by atoms with Crippen molar-refractivity contribution in [3.05, 3.63) is 0 Å². The molecular formula is C18H31NO3S. The fourth-order valence-electron chi connectivity index (χ4n) is 4.72. The molecule has 132 valence electrons. The molecule has 1 atom stereocenters. The lowest BCUT2D eigenvalue weighted by molar-refractivity contribution is -0.143. The Morgan fingerprint density at radius 2 is 1.83 bits per heavy atom. The highest BCUT2D eigenvalue weighted by atomic mass is 32.2. The van der Waals surface area contributed by atoms with E-state index in [0.29, 0.717) is 11.2 Å². The Balaban J connectivity index is 2.02. The van der Waals surface area contributed by atoms with Gasteiger partial charge in [-0.3, -0.25) is 4.79 Å². The van der Waals surface area contributed by atoms with E-state index >= 15 is 0 Å². The number of aliphatic carboxylic acids is 1. The largest absolute Gasteiger partial charge is 0.480 e. The van der Waals surface area contributed by atoms with Crippen LogP contribution in [0.2, 0.25) is 0 Å². The summed E-state index contributed by atoms with van der Waals surface area (Å²) in [5.74, 6) is 0.364. The lowest BCUT2D eigenvalue weighted by Crippen LogP contribution is -2.48. The van der Waals surface area contributed by atoms with Crippen molar-refractivity contribution < 1.29 is 14.7 Å². The van der Waals surface area contributed by atoms with Gasteiger partial charge in [0.15, 0.2) is 0 Å². The zero-order valence-electron chi connectivity index (χ0n) is 14.9. The molecule has 5 heteroatoms. The maximum Gasteiger partial charge on any atom is 0.327 e. The molecule has 2 saturated carbocycles. The molecule has 2 aliphatic carbocycles. The van der Waals surface area contributed by atoms with Gasteiger partial charge in [0.05, 0.1) is 0 Å². The summed E-state index contributed by atoms with van der Waals surface area (Å²) in [6.07, 6.45) is 6.15. The zero-order valence-corrected chi connectivity index (χ0v) is 15.7. The minimum absolute atomic E-state index is 0.0186. The first-order valence-electron chi connectivity index (χ1n) is 8.73. The van der Waals surface area contributed by atoms with Gasteiger partial charge in [-0.05, 0) is 55.1 Å². The second-order valence-electron chi connectivity index (χ2n) is 8.72. The summed E-state index contributed by atoms with van der Waals surface area (Å²) in [5, 5.41) is 12.2. The Labute approximate surface area is 144 Å². The average Bonchev–Trinajstić information content (AvgIpc) is 2.97. The molecule has 1 amide bonds. The van der Waals surface area contributed by atoms with Crippen LogP contribution in [-0.2, 0) is 9.59 Å². The van der Waals surface area contributed by atoms with Crippen LogP contribution in [0.25, 0.3) is 0 Å². The van der Waals surface area contributed by atoms with Crippen molar-refractivity contribution in [1.29, 1.82) is 0 Å². The fraction of sp³-hybridized carbons (Fsp3) is 0.889. The summed E-state index contributed by atoms with van der Waals surface area (Å²) < 4.78 is 0. The molecule has 0 saturated heterocycles. The minimum atomic E-state index is -0.923. The van der Waals surface area contributed by atoms with E-state index in [1.54, 1.807) is 11.8 Å². The van der Waals surface area contributed by atoms with Crippen molar-refractivity contribution >= 4 is 23.6 Å². The highest BCUT2D eigenvalue weighted by molar-refractivity contribution is 7.99. The van der Waals surface area contributed by atoms with Crippen molar-refractivity contribution in [2.24, 2.45) is 16.2 Å². The fourth-order valence-corrected chi connectivity index (χ4v) is 5.42. The summed E-state index contributed by atoms with van der Waals surface area (Å²) in [7, 11) is 0. The van der Waals surface area contributed by atoms with Crippen LogP contribution in [0.5, 0.6) is 0 Å². The van der Waals surface area contributed by atoms with E-state index in [1.165, 1.54) is 0 Å². The first-order valence-corrected chi connectivity index (χ1v) is 9.89. The van der Waals surface area contributed by atoms with Crippen LogP contribution in [0.1, 0.15) is 66.2 Å². The predicted molar refractivity (Wildman–Crippen MR) is 94.6 cm³/mol. The third-order valence-electron chi connectivity index (χ3n) is 5.46. The zero-order chi connectivity index (χ0) is 17.3. The van der Waals surface area contributed by atoms with E-state index < -0.39 is 12.0 Å². The number of carboxylic acid groups (broad SMARTS) is 1. The van der Waals surface area contributed by atoms with Crippen LogP contribution in [-0.4, -0.2) is 34.5 Å². The quantitative estimate of drug-likeness (QED) is 0.741. The van der Waals surface area contributed by atoms with E-state index in [1.807, 2.05) is 6.92 Å². The molecule has 4 nitrogen and oxygen atoms in total. The summed E-state index contributed by atoms with van der Waals surface area (Å²) in [4.78, 5) is 24.2. The van der Waals surface area contributed by atoms with Gasteiger partial charge in [0.25, 0.3) is 0 Å². The third-order valence-corrected chi connectivity index (χ3v) is 6.44. The number of nitrogens with one attached hydrogen (secondary N) is 1. The van der Waals surface area contributed by atoms with Gasteiger partial charge in [-0.1, -0.05) is 27.7 Å². The Morgan fingerprint density at radius 3 is 2.30 bits per heavy atom. The average molecular weight is 342 g/mol. The smallest absolute Gasteiger partial charge is 0.327 e. The summed E-state index contributed by atoms with van der Waals surface area (Å²) in [6, 6.07) is -0.764. The van der Waals surface area contributed by atoms with E-state index in [9.17, 15) is 14.7 Å². The number of hydrogen-bond donors (Lipinski definition) is 2. The number of amides is 1. The standard InChI is InChI=1S/C18H31NO3S/c1-5-23-10-13(14(20)21)19-15(22)18-8-6-17(12-18,7-9-18)11-16(2,3)4/h13H,5-12H2,1-4H3,(H,19,22)(H,20,21)/t13-,17?,18?/m0/s1. The van der Waals surface area contributed by atoms with Gasteiger partial charge in [-0.25, -0.2) is 4.79 Å². The van der Waals surface area contributed by atoms with Crippen LogP contribution in [0, 0.1) is 16.2 Å². The molecule has 0 aliphatic heterocycles. The van der Waals surface area contributed by atoms with Crippen LogP contribution < -0.4 is 5.32 Å². The van der Waals surface area contributed by atoms with E-state index in [4.69, 9.17) is 0 Å². The van der Waals surface area contributed by atoms with Crippen molar-refractivity contribution in [2.45, 2.75) is 72.3 Å². The minimum Gasteiger partial charge on any atom is -0.480 e. The molecule has 2 fully saturated rings. The lowest BCUT2D eigenvalue weighted by atomic mass is 9.72. The molecule has 2 rings (SSSR count). The van der Waals surface area contributed by atoms with E-state index in [2.05, 4.69) is 26.1 Å². The number of carbonyl (C=O) groups is 2. The van der Waals surface area contributed by atoms with Crippen LogP contribution in [0.15, 0.2) is 0 Å². The Hall–Kier alpha value is -0.710. The SMILES string of the molecule is CCSC[C@H](NC(=O)C12CCC(CC(C)(C)C)(CC1)C2)C(=O)O. The van der Waals surface area contributed by atoms with E-state index in [0.717, 1.165) is 44.3 Å². The first kappa shape index (κ1) is 18.6. The second-order valence-corrected chi connectivity index (χ2v) is 10.0. The summed E-state index contributed by atoms with van der Waals surface area (Å²) >= 11 is 1.56. The van der Waals surface area contributed by atoms with Crippen molar-refractivity contribution in [2.75, 3.05) is 11.5 Å². The van der Waals surface area contributed by atoms with Gasteiger partial charge in [0.2, 0.25) is 5.91 Å². The van der Waals surface area contributed by atoms with Crippen molar-refractivity contribution in [3.63, 3.8) is 0 Å².